The van der Waals surface area contributed by atoms with Gasteiger partial charge in [0.25, 0.3) is 0 Å². The summed E-state index contributed by atoms with van der Waals surface area (Å²) in [7, 11) is -3.09. The molecule has 0 saturated carbocycles. The molecule has 1 fully saturated rings. The molecule has 1 saturated heterocycles. The van der Waals surface area contributed by atoms with Gasteiger partial charge < -0.3 is 5.32 Å². The van der Waals surface area contributed by atoms with Crippen molar-refractivity contribution in [2.75, 3.05) is 25.9 Å². The van der Waals surface area contributed by atoms with E-state index in [1.165, 1.54) is 11.8 Å². The van der Waals surface area contributed by atoms with E-state index in [4.69, 9.17) is 0 Å². The van der Waals surface area contributed by atoms with Crippen molar-refractivity contribution in [3.05, 3.63) is 29.8 Å². The molecule has 0 amide bonds. The van der Waals surface area contributed by atoms with Gasteiger partial charge in [0.05, 0.1) is 4.90 Å². The summed E-state index contributed by atoms with van der Waals surface area (Å²) < 4.78 is 22.8. The van der Waals surface area contributed by atoms with Gasteiger partial charge in [-0.15, -0.1) is 0 Å². The smallest absolute Gasteiger partial charge is 0.175 e. The van der Waals surface area contributed by atoms with Crippen molar-refractivity contribution >= 4 is 9.84 Å². The minimum Gasteiger partial charge on any atom is -0.313 e. The average molecular weight is 282 g/mol. The number of benzene rings is 1. The minimum atomic E-state index is -3.09. The molecule has 106 valence electrons. The number of hydrogen-bond donors (Lipinski definition) is 1. The highest BCUT2D eigenvalue weighted by molar-refractivity contribution is 7.90. The van der Waals surface area contributed by atoms with Crippen molar-refractivity contribution < 1.29 is 8.42 Å². The van der Waals surface area contributed by atoms with Crippen LogP contribution in [0.25, 0.3) is 0 Å². The molecule has 1 unspecified atom stereocenters. The van der Waals surface area contributed by atoms with Crippen LogP contribution in [0.15, 0.2) is 29.2 Å². The first-order valence-corrected chi connectivity index (χ1v) is 8.59. The largest absolute Gasteiger partial charge is 0.313 e. The lowest BCUT2D eigenvalue weighted by Crippen LogP contribution is -2.34. The maximum absolute atomic E-state index is 11.4. The lowest BCUT2D eigenvalue weighted by Gasteiger charge is -2.22. The molecule has 0 aliphatic carbocycles. The lowest BCUT2D eigenvalue weighted by atomic mass is 10.2. The van der Waals surface area contributed by atoms with Gasteiger partial charge in [-0.25, -0.2) is 8.42 Å². The summed E-state index contributed by atoms with van der Waals surface area (Å²) >= 11 is 0. The van der Waals surface area contributed by atoms with Crippen LogP contribution in [0.2, 0.25) is 0 Å². The zero-order valence-electron chi connectivity index (χ0n) is 11.6. The normalized spacial score (nSPS) is 22.1. The summed E-state index contributed by atoms with van der Waals surface area (Å²) in [5.74, 6) is 0. The molecule has 0 radical (unpaired) electrons. The van der Waals surface area contributed by atoms with E-state index in [1.54, 1.807) is 12.1 Å². The standard InChI is InChI=1S/C14H22N2O2S/c1-12-10-16(9-3-8-15-12)11-13-4-6-14(7-5-13)19(2,17)18/h4-7,12,15H,3,8-11H2,1-2H3. The van der Waals surface area contributed by atoms with E-state index in [2.05, 4.69) is 17.1 Å². The van der Waals surface area contributed by atoms with Gasteiger partial charge in [-0.3, -0.25) is 4.90 Å². The van der Waals surface area contributed by atoms with Gasteiger partial charge in [-0.2, -0.15) is 0 Å². The predicted molar refractivity (Wildman–Crippen MR) is 76.9 cm³/mol. The summed E-state index contributed by atoms with van der Waals surface area (Å²) in [5, 5.41) is 3.47. The summed E-state index contributed by atoms with van der Waals surface area (Å²) in [5.41, 5.74) is 1.17. The maximum atomic E-state index is 11.4. The monoisotopic (exact) mass is 282 g/mol. The Labute approximate surface area is 115 Å². The Balaban J connectivity index is 2.03. The summed E-state index contributed by atoms with van der Waals surface area (Å²) in [6, 6.07) is 7.74. The van der Waals surface area contributed by atoms with Crippen LogP contribution in [-0.2, 0) is 16.4 Å². The van der Waals surface area contributed by atoms with Crippen LogP contribution >= 0.6 is 0 Å². The first kappa shape index (κ1) is 14.5. The van der Waals surface area contributed by atoms with Crippen molar-refractivity contribution in [3.8, 4) is 0 Å². The average Bonchev–Trinajstić information content (AvgIpc) is 2.53. The molecule has 0 bridgehead atoms. The lowest BCUT2D eigenvalue weighted by molar-refractivity contribution is 0.265. The fourth-order valence-corrected chi connectivity index (χ4v) is 3.07. The molecule has 1 N–H and O–H groups in total. The van der Waals surface area contributed by atoms with Crippen LogP contribution in [0, 0.1) is 0 Å². The summed E-state index contributed by atoms with van der Waals surface area (Å²) in [4.78, 5) is 2.81. The number of nitrogens with zero attached hydrogens (tertiary/aromatic N) is 1. The molecular weight excluding hydrogens is 260 g/mol. The first-order chi connectivity index (χ1) is 8.95. The molecule has 19 heavy (non-hydrogen) atoms. The fourth-order valence-electron chi connectivity index (χ4n) is 2.44. The van der Waals surface area contributed by atoms with E-state index in [-0.39, 0.29) is 0 Å². The van der Waals surface area contributed by atoms with Crippen LogP contribution < -0.4 is 5.32 Å². The SMILES string of the molecule is CC1CN(Cc2ccc(S(C)(=O)=O)cc2)CCCN1. The van der Waals surface area contributed by atoms with Gasteiger partial charge in [-0.1, -0.05) is 12.1 Å². The van der Waals surface area contributed by atoms with Gasteiger partial charge in [-0.05, 0) is 44.1 Å². The molecule has 1 atom stereocenters. The highest BCUT2D eigenvalue weighted by atomic mass is 32.2. The Morgan fingerprint density at radius 1 is 1.32 bits per heavy atom. The van der Waals surface area contributed by atoms with Crippen molar-refractivity contribution in [2.45, 2.75) is 30.8 Å². The second-order valence-electron chi connectivity index (χ2n) is 5.36. The molecule has 1 aliphatic rings. The Hall–Kier alpha value is -0.910. The van der Waals surface area contributed by atoms with Crippen molar-refractivity contribution in [1.82, 2.24) is 10.2 Å². The Morgan fingerprint density at radius 3 is 2.63 bits per heavy atom. The third kappa shape index (κ3) is 4.30. The topological polar surface area (TPSA) is 49.4 Å². The quantitative estimate of drug-likeness (QED) is 0.907. The third-order valence-corrected chi connectivity index (χ3v) is 4.56. The minimum absolute atomic E-state index is 0.391. The van der Waals surface area contributed by atoms with Crippen LogP contribution in [0.4, 0.5) is 0 Å². The van der Waals surface area contributed by atoms with Crippen LogP contribution in [0.1, 0.15) is 18.9 Å². The third-order valence-electron chi connectivity index (χ3n) is 3.43. The molecule has 1 aromatic carbocycles. The van der Waals surface area contributed by atoms with Gasteiger partial charge in [0.1, 0.15) is 0 Å². The van der Waals surface area contributed by atoms with Gasteiger partial charge >= 0.3 is 0 Å². The Bertz CT molecular complexity index is 511. The summed E-state index contributed by atoms with van der Waals surface area (Å²) in [6.07, 6.45) is 2.40. The number of hydrogen-bond acceptors (Lipinski definition) is 4. The first-order valence-electron chi connectivity index (χ1n) is 6.70. The second kappa shape index (κ2) is 6.03. The van der Waals surface area contributed by atoms with Crippen molar-refractivity contribution in [1.29, 1.82) is 0 Å². The maximum Gasteiger partial charge on any atom is 0.175 e. The van der Waals surface area contributed by atoms with E-state index in [1.807, 2.05) is 12.1 Å². The predicted octanol–water partition coefficient (Wildman–Crippen LogP) is 1.27. The molecule has 0 aromatic heterocycles. The van der Waals surface area contributed by atoms with E-state index < -0.39 is 9.84 Å². The molecule has 1 aliphatic heterocycles. The van der Waals surface area contributed by atoms with Crippen molar-refractivity contribution in [2.24, 2.45) is 0 Å². The molecule has 5 heteroatoms. The van der Waals surface area contributed by atoms with Crippen molar-refractivity contribution in [3.63, 3.8) is 0 Å². The fraction of sp³-hybridized carbons (Fsp3) is 0.571. The molecule has 4 nitrogen and oxygen atoms in total. The van der Waals surface area contributed by atoms with Gasteiger partial charge in [0, 0.05) is 25.4 Å². The van der Waals surface area contributed by atoms with E-state index in [0.29, 0.717) is 10.9 Å². The molecule has 1 aromatic rings. The Morgan fingerprint density at radius 2 is 2.00 bits per heavy atom. The molecule has 2 rings (SSSR count). The van der Waals surface area contributed by atoms with Crippen LogP contribution in [-0.4, -0.2) is 45.2 Å². The van der Waals surface area contributed by atoms with E-state index in [0.717, 1.165) is 32.6 Å². The van der Waals surface area contributed by atoms with Crippen LogP contribution in [0.3, 0.4) is 0 Å². The summed E-state index contributed by atoms with van der Waals surface area (Å²) in [6.45, 7) is 6.28. The molecule has 0 spiro atoms. The highest BCUT2D eigenvalue weighted by Gasteiger charge is 2.14. The van der Waals surface area contributed by atoms with Gasteiger partial charge in [0.2, 0.25) is 0 Å². The van der Waals surface area contributed by atoms with Crippen LogP contribution in [0.5, 0.6) is 0 Å². The highest BCUT2D eigenvalue weighted by Crippen LogP contribution is 2.13. The molecular formula is C14H22N2O2S. The number of rotatable bonds is 3. The zero-order valence-corrected chi connectivity index (χ0v) is 12.4. The second-order valence-corrected chi connectivity index (χ2v) is 7.38. The number of nitrogens with one attached hydrogen (secondary N) is 1. The Kier molecular flexibility index (Phi) is 4.60. The van der Waals surface area contributed by atoms with E-state index in [9.17, 15) is 8.42 Å². The molecule has 1 heterocycles. The zero-order chi connectivity index (χ0) is 13.9. The number of sulfone groups is 1. The van der Waals surface area contributed by atoms with E-state index >= 15 is 0 Å². The van der Waals surface area contributed by atoms with Gasteiger partial charge in [0.15, 0.2) is 9.84 Å².